The fourth-order valence-corrected chi connectivity index (χ4v) is 8.65. The van der Waals surface area contributed by atoms with Crippen LogP contribution in [0, 0.1) is 5.92 Å². The third kappa shape index (κ3) is 9.01. The van der Waals surface area contributed by atoms with Crippen LogP contribution in [0.15, 0.2) is 48.1 Å². The van der Waals surface area contributed by atoms with E-state index in [4.69, 9.17) is 11.6 Å². The van der Waals surface area contributed by atoms with Crippen LogP contribution in [0.4, 0.5) is 0 Å². The maximum absolute atomic E-state index is 14.1. The molecule has 3 unspecified atom stereocenters. The van der Waals surface area contributed by atoms with Crippen molar-refractivity contribution in [2.45, 2.75) is 94.8 Å². The van der Waals surface area contributed by atoms with Gasteiger partial charge in [-0.05, 0) is 48.8 Å². The second-order valence-electron chi connectivity index (χ2n) is 13.8. The zero-order valence-corrected chi connectivity index (χ0v) is 29.3. The molecule has 2 N–H and O–H groups in total. The summed E-state index contributed by atoms with van der Waals surface area (Å²) < 4.78 is 26.7. The largest absolute Gasteiger partial charge is 0.344 e. The molecule has 2 heterocycles. The second-order valence-corrected chi connectivity index (χ2v) is 16.6. The molecule has 0 aromatic heterocycles. The minimum absolute atomic E-state index is 0.0678. The molecule has 46 heavy (non-hydrogen) atoms. The number of sulfonamides is 1. The predicted molar refractivity (Wildman–Crippen MR) is 184 cm³/mol. The van der Waals surface area contributed by atoms with Gasteiger partial charge in [-0.25, -0.2) is 12.7 Å². The average molecular weight is 674 g/mol. The molecular weight excluding hydrogens is 622 g/mol. The zero-order chi connectivity index (χ0) is 32.9. The van der Waals surface area contributed by atoms with E-state index in [9.17, 15) is 18.0 Å². The van der Waals surface area contributed by atoms with Crippen molar-refractivity contribution in [2.24, 2.45) is 5.92 Å². The molecule has 11 heteroatoms. The van der Waals surface area contributed by atoms with Crippen LogP contribution in [-0.4, -0.2) is 96.8 Å². The van der Waals surface area contributed by atoms with E-state index < -0.39 is 20.9 Å². The number of rotatable bonds is 12. The minimum atomic E-state index is -3.30. The number of carbonyl (C=O) groups is 2. The summed E-state index contributed by atoms with van der Waals surface area (Å²) in [6, 6.07) is 7.53. The summed E-state index contributed by atoms with van der Waals surface area (Å²) in [5.41, 5.74) is 3.34. The molecule has 1 aromatic rings. The highest BCUT2D eigenvalue weighted by atomic mass is 35.5. The number of amides is 2. The molecule has 1 aromatic carbocycles. The van der Waals surface area contributed by atoms with E-state index in [1.807, 2.05) is 43.0 Å². The number of benzene rings is 1. The summed E-state index contributed by atoms with van der Waals surface area (Å²) in [6.45, 7) is 8.01. The fourth-order valence-electron chi connectivity index (χ4n) is 7.62. The standard InChI is InChI=1S/C35H52ClN5O4S/c1-4-41(46(3,44)45)25-32(27-10-6-5-7-11-27)39-18-20-40(21-19-39)34(43)31(22-26-14-16-35(2,36)17-15-26)38-33(42)23-30-29-13-9-8-12-28(29)24-37-30/h8-9,12-16,27,30-32,37H,4-7,10-11,17-25H2,1-3H3,(H,38,42)/t30?,31-,32?,35?/m1/s1. The van der Waals surface area contributed by atoms with E-state index in [-0.39, 0.29) is 30.3 Å². The van der Waals surface area contributed by atoms with Gasteiger partial charge in [0.2, 0.25) is 21.8 Å². The SMILES string of the molecule is CCN(CC(C1CCCCC1)N1CCN(C(=O)[C@@H](CC2=CCC(C)(Cl)C=C2)NC(=O)CC2NCc3ccccc32)CC1)S(C)(=O)=O. The Morgan fingerprint density at radius 1 is 1.13 bits per heavy atom. The lowest BCUT2D eigenvalue weighted by atomic mass is 9.83. The van der Waals surface area contributed by atoms with Crippen molar-refractivity contribution in [1.82, 2.24) is 24.7 Å². The summed E-state index contributed by atoms with van der Waals surface area (Å²) in [7, 11) is -3.30. The maximum Gasteiger partial charge on any atom is 0.245 e. The molecule has 2 amide bonds. The molecule has 2 aliphatic heterocycles. The fraction of sp³-hybridized carbons (Fsp3) is 0.657. The van der Waals surface area contributed by atoms with Crippen molar-refractivity contribution in [3.63, 3.8) is 0 Å². The van der Waals surface area contributed by atoms with Gasteiger partial charge in [-0.15, -0.1) is 11.6 Å². The summed E-state index contributed by atoms with van der Waals surface area (Å²) in [5.74, 6) is 0.235. The minimum Gasteiger partial charge on any atom is -0.344 e. The number of likely N-dealkylation sites (N-methyl/N-ethyl adjacent to an activating group) is 1. The third-order valence-corrected chi connectivity index (χ3v) is 12.0. The molecule has 9 nitrogen and oxygen atoms in total. The Bertz CT molecular complexity index is 1400. The Morgan fingerprint density at radius 2 is 1.85 bits per heavy atom. The number of hydrogen-bond acceptors (Lipinski definition) is 6. The van der Waals surface area contributed by atoms with Crippen LogP contribution in [-0.2, 0) is 26.2 Å². The zero-order valence-electron chi connectivity index (χ0n) is 27.7. The van der Waals surface area contributed by atoms with Gasteiger partial charge in [0.05, 0.1) is 11.1 Å². The number of allylic oxidation sites excluding steroid dienone is 3. The quantitative estimate of drug-likeness (QED) is 0.320. The van der Waals surface area contributed by atoms with Gasteiger partial charge in [0.1, 0.15) is 6.04 Å². The molecule has 2 aliphatic carbocycles. The molecule has 4 atom stereocenters. The van der Waals surface area contributed by atoms with Gasteiger partial charge < -0.3 is 15.5 Å². The maximum atomic E-state index is 14.1. The molecule has 4 aliphatic rings. The van der Waals surface area contributed by atoms with E-state index in [1.54, 1.807) is 4.31 Å². The lowest BCUT2D eigenvalue weighted by Gasteiger charge is -2.45. The van der Waals surface area contributed by atoms with Crippen LogP contribution in [0.25, 0.3) is 0 Å². The van der Waals surface area contributed by atoms with Gasteiger partial charge in [0.15, 0.2) is 0 Å². The van der Waals surface area contributed by atoms with Crippen molar-refractivity contribution >= 4 is 33.4 Å². The summed E-state index contributed by atoms with van der Waals surface area (Å²) in [6.07, 6.45) is 14.5. The Balaban J connectivity index is 1.26. The van der Waals surface area contributed by atoms with Gasteiger partial charge >= 0.3 is 0 Å². The number of carbonyl (C=O) groups excluding carboxylic acids is 2. The number of fused-ring (bicyclic) bond motifs is 1. The van der Waals surface area contributed by atoms with Gasteiger partial charge in [-0.3, -0.25) is 14.5 Å². The highest BCUT2D eigenvalue weighted by Crippen LogP contribution is 2.32. The first-order chi connectivity index (χ1) is 21.9. The average Bonchev–Trinajstić information content (AvgIpc) is 3.44. The van der Waals surface area contributed by atoms with E-state index >= 15 is 0 Å². The molecule has 0 bridgehead atoms. The molecule has 0 spiro atoms. The Hall–Kier alpha value is -2.24. The summed E-state index contributed by atoms with van der Waals surface area (Å²) >= 11 is 6.52. The number of nitrogens with one attached hydrogen (secondary N) is 2. The number of alkyl halides is 1. The molecule has 0 radical (unpaired) electrons. The Morgan fingerprint density at radius 3 is 2.50 bits per heavy atom. The van der Waals surface area contributed by atoms with Crippen molar-refractivity contribution in [3.05, 3.63) is 59.2 Å². The van der Waals surface area contributed by atoms with E-state index in [0.29, 0.717) is 58.0 Å². The topological polar surface area (TPSA) is 102 Å². The highest BCUT2D eigenvalue weighted by Gasteiger charge is 2.36. The Labute approximate surface area is 280 Å². The van der Waals surface area contributed by atoms with Crippen LogP contribution < -0.4 is 10.6 Å². The molecule has 2 fully saturated rings. The monoisotopic (exact) mass is 673 g/mol. The first-order valence-electron chi connectivity index (χ1n) is 17.1. The molecular formula is C35H52ClN5O4S. The number of nitrogens with zero attached hydrogens (tertiary/aromatic N) is 3. The number of hydrogen-bond donors (Lipinski definition) is 2. The molecule has 1 saturated heterocycles. The van der Waals surface area contributed by atoms with Crippen LogP contribution in [0.1, 0.15) is 82.4 Å². The van der Waals surface area contributed by atoms with Gasteiger partial charge in [-0.2, -0.15) is 0 Å². The molecule has 254 valence electrons. The van der Waals surface area contributed by atoms with Crippen molar-refractivity contribution < 1.29 is 18.0 Å². The molecule has 1 saturated carbocycles. The highest BCUT2D eigenvalue weighted by molar-refractivity contribution is 7.88. The summed E-state index contributed by atoms with van der Waals surface area (Å²) in [5, 5.41) is 6.55. The number of piperazine rings is 1. The van der Waals surface area contributed by atoms with Crippen LogP contribution in [0.3, 0.4) is 0 Å². The lowest BCUT2D eigenvalue weighted by molar-refractivity contribution is -0.138. The normalized spacial score (nSPS) is 25.6. The second kappa shape index (κ2) is 15.3. The summed E-state index contributed by atoms with van der Waals surface area (Å²) in [4.78, 5) is 31.4. The smallest absolute Gasteiger partial charge is 0.245 e. The van der Waals surface area contributed by atoms with Crippen molar-refractivity contribution in [2.75, 3.05) is 45.5 Å². The van der Waals surface area contributed by atoms with Crippen LogP contribution in [0.5, 0.6) is 0 Å². The van der Waals surface area contributed by atoms with Crippen molar-refractivity contribution in [3.8, 4) is 0 Å². The van der Waals surface area contributed by atoms with Gasteiger partial charge in [0, 0.05) is 70.7 Å². The predicted octanol–water partition coefficient (Wildman–Crippen LogP) is 4.35. The van der Waals surface area contributed by atoms with Gasteiger partial charge in [0.25, 0.3) is 0 Å². The number of halogens is 1. The van der Waals surface area contributed by atoms with E-state index in [1.165, 1.54) is 31.1 Å². The first-order valence-corrected chi connectivity index (χ1v) is 19.3. The van der Waals surface area contributed by atoms with Crippen molar-refractivity contribution in [1.29, 1.82) is 0 Å². The lowest BCUT2D eigenvalue weighted by Crippen LogP contribution is -2.59. The van der Waals surface area contributed by atoms with Crippen LogP contribution in [0.2, 0.25) is 0 Å². The molecule has 5 rings (SSSR count). The Kier molecular flexibility index (Phi) is 11.7. The van der Waals surface area contributed by atoms with E-state index in [2.05, 4.69) is 33.7 Å². The van der Waals surface area contributed by atoms with E-state index in [0.717, 1.165) is 30.5 Å². The van der Waals surface area contributed by atoms with Crippen LogP contribution >= 0.6 is 11.6 Å². The third-order valence-electron chi connectivity index (χ3n) is 10.3. The van der Waals surface area contributed by atoms with Gasteiger partial charge in [-0.1, -0.05) is 68.7 Å². The first kappa shape index (κ1) is 35.1.